The zero-order valence-corrected chi connectivity index (χ0v) is 20.9. The van der Waals surface area contributed by atoms with Crippen LogP contribution in [0.15, 0.2) is 54.6 Å². The molecular formula is C28H23ClFN3O5. The molecule has 38 heavy (non-hydrogen) atoms. The van der Waals surface area contributed by atoms with Gasteiger partial charge in [-0.25, -0.2) is 4.39 Å². The number of hydrogen-bond donors (Lipinski definition) is 4. The second kappa shape index (κ2) is 8.54. The van der Waals surface area contributed by atoms with Crippen LogP contribution in [-0.4, -0.2) is 38.9 Å². The van der Waals surface area contributed by atoms with Gasteiger partial charge in [0.25, 0.3) is 0 Å². The molecule has 2 fully saturated rings. The number of imide groups is 1. The minimum Gasteiger partial charge on any atom is -0.504 e. The molecule has 3 aliphatic rings. The summed E-state index contributed by atoms with van der Waals surface area (Å²) >= 11 is 6.47. The van der Waals surface area contributed by atoms with Crippen LogP contribution < -0.4 is 10.6 Å². The van der Waals surface area contributed by atoms with Gasteiger partial charge in [-0.2, -0.15) is 0 Å². The molecule has 0 saturated carbocycles. The first kappa shape index (κ1) is 24.4. The monoisotopic (exact) mass is 535 g/mol. The summed E-state index contributed by atoms with van der Waals surface area (Å²) in [5.74, 6) is -4.40. The molecule has 0 unspecified atom stereocenters. The molecule has 3 aromatic rings. The highest BCUT2D eigenvalue weighted by molar-refractivity contribution is 6.35. The Morgan fingerprint density at radius 1 is 0.974 bits per heavy atom. The minimum absolute atomic E-state index is 0.0587. The van der Waals surface area contributed by atoms with Crippen LogP contribution in [0.1, 0.15) is 22.3 Å². The zero-order chi connectivity index (χ0) is 26.9. The first-order valence-corrected chi connectivity index (χ1v) is 12.5. The highest BCUT2D eigenvalue weighted by Crippen LogP contribution is 2.55. The summed E-state index contributed by atoms with van der Waals surface area (Å²) in [4.78, 5) is 42.6. The second-order valence-corrected chi connectivity index (χ2v) is 10.5. The van der Waals surface area contributed by atoms with Gasteiger partial charge in [0.05, 0.1) is 29.1 Å². The smallest absolute Gasteiger partial charge is 0.250 e. The fourth-order valence-corrected chi connectivity index (χ4v) is 6.43. The predicted molar refractivity (Wildman–Crippen MR) is 136 cm³/mol. The molecule has 10 heteroatoms. The number of rotatable bonds is 4. The van der Waals surface area contributed by atoms with Crippen molar-refractivity contribution >= 4 is 35.0 Å². The number of aryl methyl sites for hydroxylation is 1. The van der Waals surface area contributed by atoms with E-state index in [0.717, 1.165) is 10.5 Å². The SMILES string of the molecule is Cc1cc(Cl)c2c(c1)[C@@]1(N[C@H](Cc3ccc(O)c(O)c3)[C@H]3C(=O)N(Cc4ccc(F)cc4)C(=O)[C@H]31)C(=O)N2. The lowest BCUT2D eigenvalue weighted by Gasteiger charge is -2.30. The summed E-state index contributed by atoms with van der Waals surface area (Å²) in [6, 6.07) is 12.7. The number of carbonyl (C=O) groups is 3. The Morgan fingerprint density at radius 2 is 1.68 bits per heavy atom. The summed E-state index contributed by atoms with van der Waals surface area (Å²) in [7, 11) is 0. The summed E-state index contributed by atoms with van der Waals surface area (Å²) in [5, 5.41) is 26.2. The fourth-order valence-electron chi connectivity index (χ4n) is 6.11. The number of halogens is 2. The van der Waals surface area contributed by atoms with Gasteiger partial charge in [0, 0.05) is 11.6 Å². The molecule has 0 aromatic heterocycles. The van der Waals surface area contributed by atoms with E-state index in [1.807, 2.05) is 6.92 Å². The van der Waals surface area contributed by atoms with Gasteiger partial charge in [0.1, 0.15) is 11.4 Å². The molecule has 3 aliphatic heterocycles. The largest absolute Gasteiger partial charge is 0.504 e. The molecule has 0 radical (unpaired) electrons. The number of nitrogens with one attached hydrogen (secondary N) is 2. The molecule has 6 rings (SSSR count). The molecule has 4 N–H and O–H groups in total. The van der Waals surface area contributed by atoms with Crippen LogP contribution in [0, 0.1) is 24.6 Å². The van der Waals surface area contributed by atoms with E-state index in [1.165, 1.54) is 36.4 Å². The number of benzene rings is 3. The lowest BCUT2D eigenvalue weighted by molar-refractivity contribution is -0.143. The average molecular weight is 536 g/mol. The van der Waals surface area contributed by atoms with E-state index < -0.39 is 47.0 Å². The van der Waals surface area contributed by atoms with Crippen molar-refractivity contribution in [3.05, 3.63) is 87.7 Å². The lowest BCUT2D eigenvalue weighted by Crippen LogP contribution is -2.53. The van der Waals surface area contributed by atoms with Crippen molar-refractivity contribution in [2.45, 2.75) is 31.5 Å². The number of phenolic OH excluding ortho intramolecular Hbond substituents is 2. The van der Waals surface area contributed by atoms with E-state index in [1.54, 1.807) is 18.2 Å². The van der Waals surface area contributed by atoms with Crippen molar-refractivity contribution < 1.29 is 29.0 Å². The van der Waals surface area contributed by atoms with Crippen LogP contribution >= 0.6 is 11.6 Å². The first-order chi connectivity index (χ1) is 18.1. The Kier molecular flexibility index (Phi) is 5.48. The number of fused-ring (bicyclic) bond motifs is 4. The molecule has 1 spiro atoms. The van der Waals surface area contributed by atoms with E-state index >= 15 is 0 Å². The van der Waals surface area contributed by atoms with Gasteiger partial charge >= 0.3 is 0 Å². The standard InChI is InChI=1S/C28H23ClFN3O5/c1-13-8-17-24(18(29)9-13)31-27(38)28(17)23-22(19(32-28)10-15-4-7-20(34)21(35)11-15)25(36)33(26(23)37)12-14-2-5-16(30)6-3-14/h2-9,11,19,22-23,32,34-35H,10,12H2,1H3,(H,31,38)/t19-,22-,23+,28+/m1/s1. The Hall–Kier alpha value is -3.95. The van der Waals surface area contributed by atoms with Crippen molar-refractivity contribution in [2.75, 3.05) is 5.32 Å². The number of carbonyl (C=O) groups excluding carboxylic acids is 3. The van der Waals surface area contributed by atoms with Crippen LogP contribution in [0.2, 0.25) is 5.02 Å². The van der Waals surface area contributed by atoms with Crippen molar-refractivity contribution in [2.24, 2.45) is 11.8 Å². The van der Waals surface area contributed by atoms with Gasteiger partial charge in [0.2, 0.25) is 17.7 Å². The van der Waals surface area contributed by atoms with Gasteiger partial charge in [0.15, 0.2) is 11.5 Å². The third-order valence-corrected chi connectivity index (χ3v) is 8.06. The third kappa shape index (κ3) is 3.49. The molecule has 0 aliphatic carbocycles. The quantitative estimate of drug-likeness (QED) is 0.300. The predicted octanol–water partition coefficient (Wildman–Crippen LogP) is 3.36. The summed E-state index contributed by atoms with van der Waals surface area (Å²) < 4.78 is 13.5. The Balaban J connectivity index is 1.46. The molecule has 8 nitrogen and oxygen atoms in total. The molecule has 194 valence electrons. The molecular weight excluding hydrogens is 513 g/mol. The van der Waals surface area contributed by atoms with Gasteiger partial charge in [-0.05, 0) is 60.4 Å². The minimum atomic E-state index is -1.54. The normalized spacial score (nSPS) is 25.7. The Labute approximate surface area is 222 Å². The first-order valence-electron chi connectivity index (χ1n) is 12.1. The topological polar surface area (TPSA) is 119 Å². The number of likely N-dealkylation sites (tertiary alicyclic amines) is 1. The number of aromatic hydroxyl groups is 2. The zero-order valence-electron chi connectivity index (χ0n) is 20.2. The maximum atomic E-state index is 14.0. The Bertz CT molecular complexity index is 1530. The van der Waals surface area contributed by atoms with Gasteiger partial charge < -0.3 is 15.5 Å². The average Bonchev–Trinajstić information content (AvgIpc) is 3.44. The highest BCUT2D eigenvalue weighted by atomic mass is 35.5. The van der Waals surface area contributed by atoms with Crippen LogP contribution in [0.4, 0.5) is 10.1 Å². The number of amides is 3. The summed E-state index contributed by atoms with van der Waals surface area (Å²) in [5.41, 5.74) is 1.33. The van der Waals surface area contributed by atoms with E-state index in [9.17, 15) is 29.0 Å². The molecule has 3 aromatic carbocycles. The third-order valence-electron chi connectivity index (χ3n) is 7.76. The van der Waals surface area contributed by atoms with Gasteiger partial charge in [-0.3, -0.25) is 24.6 Å². The molecule has 3 heterocycles. The van der Waals surface area contributed by atoms with Crippen LogP contribution in [0.3, 0.4) is 0 Å². The highest BCUT2D eigenvalue weighted by Gasteiger charge is 2.70. The van der Waals surface area contributed by atoms with Crippen LogP contribution in [-0.2, 0) is 32.9 Å². The molecule has 4 atom stereocenters. The maximum absolute atomic E-state index is 14.0. The van der Waals surface area contributed by atoms with Crippen molar-refractivity contribution in [1.29, 1.82) is 0 Å². The summed E-state index contributed by atoms with van der Waals surface area (Å²) in [6.07, 6.45) is 0.197. The maximum Gasteiger partial charge on any atom is 0.250 e. The number of nitrogens with zero attached hydrogens (tertiary/aromatic N) is 1. The van der Waals surface area contributed by atoms with Crippen molar-refractivity contribution in [3.63, 3.8) is 0 Å². The van der Waals surface area contributed by atoms with E-state index in [-0.39, 0.29) is 24.5 Å². The molecule has 0 bridgehead atoms. The van der Waals surface area contributed by atoms with Gasteiger partial charge in [-0.15, -0.1) is 0 Å². The van der Waals surface area contributed by atoms with Crippen LogP contribution in [0.5, 0.6) is 11.5 Å². The second-order valence-electron chi connectivity index (χ2n) is 10.1. The summed E-state index contributed by atoms with van der Waals surface area (Å²) in [6.45, 7) is 1.77. The van der Waals surface area contributed by atoms with Crippen molar-refractivity contribution in [1.82, 2.24) is 10.2 Å². The number of phenols is 2. The number of anilines is 1. The number of hydrogen-bond acceptors (Lipinski definition) is 6. The van der Waals surface area contributed by atoms with E-state index in [2.05, 4.69) is 10.6 Å². The molecule has 2 saturated heterocycles. The van der Waals surface area contributed by atoms with E-state index in [4.69, 9.17) is 11.6 Å². The lowest BCUT2D eigenvalue weighted by atomic mass is 9.76. The molecule has 3 amide bonds. The van der Waals surface area contributed by atoms with Crippen molar-refractivity contribution in [3.8, 4) is 11.5 Å². The Morgan fingerprint density at radius 3 is 2.39 bits per heavy atom. The fraction of sp³-hybridized carbons (Fsp3) is 0.250. The van der Waals surface area contributed by atoms with Crippen LogP contribution in [0.25, 0.3) is 0 Å². The van der Waals surface area contributed by atoms with E-state index in [0.29, 0.717) is 27.4 Å². The van der Waals surface area contributed by atoms with Gasteiger partial charge in [-0.1, -0.05) is 35.9 Å².